The maximum Gasteiger partial charge on any atom is 0.229 e. The Balaban J connectivity index is 1.42. The van der Waals surface area contributed by atoms with Gasteiger partial charge in [0.15, 0.2) is 5.82 Å². The van der Waals surface area contributed by atoms with E-state index in [-0.39, 0.29) is 18.1 Å². The SMILES string of the molecule is O=C(Cc1ccc(Cl)cc1)Nc1nc2c(nc1CCC1CCCCC1)-c1ccc(F)cc1CC2. The zero-order chi connectivity index (χ0) is 23.5. The molecule has 1 fully saturated rings. The van der Waals surface area contributed by atoms with Crippen LogP contribution in [0.4, 0.5) is 10.2 Å². The van der Waals surface area contributed by atoms with E-state index in [9.17, 15) is 9.18 Å². The van der Waals surface area contributed by atoms with Gasteiger partial charge in [-0.25, -0.2) is 14.4 Å². The van der Waals surface area contributed by atoms with Crippen molar-refractivity contribution >= 4 is 23.3 Å². The predicted molar refractivity (Wildman–Crippen MR) is 134 cm³/mol. The fraction of sp³-hybridized carbons (Fsp3) is 0.393. The van der Waals surface area contributed by atoms with Gasteiger partial charge in [-0.15, -0.1) is 0 Å². The highest BCUT2D eigenvalue weighted by atomic mass is 35.5. The Morgan fingerprint density at radius 2 is 1.82 bits per heavy atom. The Hall–Kier alpha value is -2.79. The van der Waals surface area contributed by atoms with Gasteiger partial charge in [-0.2, -0.15) is 0 Å². The molecule has 0 aliphatic heterocycles. The van der Waals surface area contributed by atoms with Crippen LogP contribution in [0.5, 0.6) is 0 Å². The van der Waals surface area contributed by atoms with Crippen molar-refractivity contribution in [2.24, 2.45) is 5.92 Å². The average molecular weight is 478 g/mol. The van der Waals surface area contributed by atoms with Crippen LogP contribution < -0.4 is 5.32 Å². The number of aromatic nitrogens is 2. The molecule has 1 aromatic heterocycles. The van der Waals surface area contributed by atoms with Gasteiger partial charge in [0, 0.05) is 10.6 Å². The Labute approximate surface area is 205 Å². The highest BCUT2D eigenvalue weighted by molar-refractivity contribution is 6.30. The Kier molecular flexibility index (Phi) is 6.91. The maximum absolute atomic E-state index is 13.8. The molecule has 0 unspecified atom stereocenters. The van der Waals surface area contributed by atoms with Crippen LogP contribution in [0.3, 0.4) is 0 Å². The van der Waals surface area contributed by atoms with Gasteiger partial charge < -0.3 is 5.32 Å². The summed E-state index contributed by atoms with van der Waals surface area (Å²) in [5.74, 6) is 0.928. The smallest absolute Gasteiger partial charge is 0.229 e. The van der Waals surface area contributed by atoms with Gasteiger partial charge in [0.1, 0.15) is 5.82 Å². The standard InChI is InChI=1S/C28H29ClFN3O/c29-21-10-6-19(7-11-21)16-26(34)33-28-25(14-8-18-4-2-1-3-5-18)31-27-23-13-12-22(30)17-20(23)9-15-24(27)32-28/h6-7,10-13,17-18H,1-5,8-9,14-16H2,(H,32,33,34). The maximum atomic E-state index is 13.8. The van der Waals surface area contributed by atoms with Crippen molar-refractivity contribution in [2.75, 3.05) is 5.32 Å². The molecular weight excluding hydrogens is 449 g/mol. The summed E-state index contributed by atoms with van der Waals surface area (Å²) in [6, 6.07) is 12.2. The predicted octanol–water partition coefficient (Wildman–Crippen LogP) is 6.73. The van der Waals surface area contributed by atoms with Crippen LogP contribution in [-0.2, 0) is 30.5 Å². The summed E-state index contributed by atoms with van der Waals surface area (Å²) >= 11 is 5.97. The highest BCUT2D eigenvalue weighted by Crippen LogP contribution is 2.34. The van der Waals surface area contributed by atoms with Crippen molar-refractivity contribution in [2.45, 2.75) is 64.2 Å². The van der Waals surface area contributed by atoms with E-state index >= 15 is 0 Å². The first kappa shape index (κ1) is 23.0. The van der Waals surface area contributed by atoms with Crippen molar-refractivity contribution in [1.29, 1.82) is 0 Å². The number of carbonyl (C=O) groups is 1. The van der Waals surface area contributed by atoms with E-state index in [1.807, 2.05) is 12.1 Å². The number of halogens is 2. The van der Waals surface area contributed by atoms with Crippen LogP contribution >= 0.6 is 11.6 Å². The van der Waals surface area contributed by atoms with Gasteiger partial charge in [0.25, 0.3) is 0 Å². The fourth-order valence-corrected chi connectivity index (χ4v) is 5.33. The van der Waals surface area contributed by atoms with E-state index in [1.54, 1.807) is 24.3 Å². The molecule has 3 aromatic rings. The minimum Gasteiger partial charge on any atom is -0.309 e. The third kappa shape index (κ3) is 5.30. The molecule has 4 nitrogen and oxygen atoms in total. The number of carbonyl (C=O) groups excluding carboxylic acids is 1. The van der Waals surface area contributed by atoms with Crippen molar-refractivity contribution in [3.63, 3.8) is 0 Å². The van der Waals surface area contributed by atoms with Crippen LogP contribution in [0.1, 0.15) is 61.0 Å². The number of benzene rings is 2. The number of amides is 1. The molecule has 5 rings (SSSR count). The first-order valence-electron chi connectivity index (χ1n) is 12.3. The minimum absolute atomic E-state index is 0.117. The van der Waals surface area contributed by atoms with Gasteiger partial charge in [0.2, 0.25) is 5.91 Å². The Morgan fingerprint density at radius 1 is 1.03 bits per heavy atom. The number of fused-ring (bicyclic) bond motifs is 3. The Morgan fingerprint density at radius 3 is 2.62 bits per heavy atom. The number of hydrogen-bond acceptors (Lipinski definition) is 3. The van der Waals surface area contributed by atoms with Crippen molar-refractivity contribution in [3.05, 3.63) is 75.8 Å². The van der Waals surface area contributed by atoms with Gasteiger partial charge in [-0.1, -0.05) is 55.8 Å². The second kappa shape index (κ2) is 10.2. The van der Waals surface area contributed by atoms with Gasteiger partial charge in [-0.05, 0) is 73.1 Å². The second-order valence-corrected chi connectivity index (χ2v) is 9.95. The summed E-state index contributed by atoms with van der Waals surface area (Å²) in [6.07, 6.45) is 9.92. The quantitative estimate of drug-likeness (QED) is 0.428. The molecule has 2 aliphatic carbocycles. The van der Waals surface area contributed by atoms with E-state index in [2.05, 4.69) is 5.32 Å². The number of nitrogens with one attached hydrogen (secondary N) is 1. The molecular formula is C28H29ClFN3O. The molecule has 1 amide bonds. The van der Waals surface area contributed by atoms with Crippen molar-refractivity contribution in [1.82, 2.24) is 9.97 Å². The van der Waals surface area contributed by atoms with E-state index in [4.69, 9.17) is 21.6 Å². The largest absolute Gasteiger partial charge is 0.309 e. The Bertz CT molecular complexity index is 1190. The molecule has 1 saturated carbocycles. The van der Waals surface area contributed by atoms with Crippen LogP contribution in [0.25, 0.3) is 11.3 Å². The van der Waals surface area contributed by atoms with Crippen LogP contribution in [-0.4, -0.2) is 15.9 Å². The molecule has 2 aliphatic rings. The van der Waals surface area contributed by atoms with E-state index in [1.165, 1.54) is 38.2 Å². The van der Waals surface area contributed by atoms with Crippen molar-refractivity contribution < 1.29 is 9.18 Å². The molecule has 0 radical (unpaired) electrons. The summed E-state index contributed by atoms with van der Waals surface area (Å²) in [4.78, 5) is 22.8. The van der Waals surface area contributed by atoms with Crippen molar-refractivity contribution in [3.8, 4) is 11.3 Å². The molecule has 176 valence electrons. The van der Waals surface area contributed by atoms with E-state index in [0.29, 0.717) is 29.6 Å². The summed E-state index contributed by atoms with van der Waals surface area (Å²) in [6.45, 7) is 0. The van der Waals surface area contributed by atoms with E-state index in [0.717, 1.165) is 46.6 Å². The number of aryl methyl sites for hydroxylation is 3. The second-order valence-electron chi connectivity index (χ2n) is 9.51. The number of rotatable bonds is 6. The number of nitrogens with zero attached hydrogens (tertiary/aromatic N) is 2. The third-order valence-corrected chi connectivity index (χ3v) is 7.30. The minimum atomic E-state index is -0.223. The fourth-order valence-electron chi connectivity index (χ4n) is 5.20. The summed E-state index contributed by atoms with van der Waals surface area (Å²) in [7, 11) is 0. The third-order valence-electron chi connectivity index (χ3n) is 7.04. The summed E-state index contributed by atoms with van der Waals surface area (Å²) in [5.41, 5.74) is 5.34. The number of hydrogen-bond donors (Lipinski definition) is 1. The zero-order valence-electron chi connectivity index (χ0n) is 19.2. The first-order valence-corrected chi connectivity index (χ1v) is 12.7. The molecule has 0 atom stereocenters. The zero-order valence-corrected chi connectivity index (χ0v) is 20.0. The lowest BCUT2D eigenvalue weighted by molar-refractivity contribution is -0.115. The summed E-state index contributed by atoms with van der Waals surface area (Å²) in [5, 5.41) is 3.69. The average Bonchev–Trinajstić information content (AvgIpc) is 2.84. The van der Waals surface area contributed by atoms with Crippen LogP contribution in [0.2, 0.25) is 5.02 Å². The molecule has 0 saturated heterocycles. The normalized spacial score (nSPS) is 15.5. The lowest BCUT2D eigenvalue weighted by atomic mass is 9.85. The lowest BCUT2D eigenvalue weighted by Gasteiger charge is -2.23. The molecule has 2 aromatic carbocycles. The number of anilines is 1. The van der Waals surface area contributed by atoms with Crippen LogP contribution in [0, 0.1) is 11.7 Å². The molecule has 0 bridgehead atoms. The highest BCUT2D eigenvalue weighted by Gasteiger charge is 2.24. The molecule has 6 heteroatoms. The van der Waals surface area contributed by atoms with Crippen LogP contribution in [0.15, 0.2) is 42.5 Å². The molecule has 34 heavy (non-hydrogen) atoms. The lowest BCUT2D eigenvalue weighted by Crippen LogP contribution is -2.20. The van der Waals surface area contributed by atoms with Gasteiger partial charge in [-0.3, -0.25) is 4.79 Å². The molecule has 0 spiro atoms. The topological polar surface area (TPSA) is 54.9 Å². The molecule has 1 N–H and O–H groups in total. The van der Waals surface area contributed by atoms with Gasteiger partial charge >= 0.3 is 0 Å². The summed E-state index contributed by atoms with van der Waals surface area (Å²) < 4.78 is 13.8. The van der Waals surface area contributed by atoms with E-state index < -0.39 is 0 Å². The first-order chi connectivity index (χ1) is 16.5. The van der Waals surface area contributed by atoms with Gasteiger partial charge in [0.05, 0.1) is 23.5 Å². The monoisotopic (exact) mass is 477 g/mol. The molecule has 1 heterocycles.